The van der Waals surface area contributed by atoms with Crippen LogP contribution in [0.2, 0.25) is 0 Å². The van der Waals surface area contributed by atoms with Crippen LogP contribution in [0.5, 0.6) is 5.75 Å². The minimum Gasteiger partial charge on any atom is -0.490 e. The molecule has 0 spiro atoms. The Morgan fingerprint density at radius 1 is 1.35 bits per heavy atom. The van der Waals surface area contributed by atoms with Crippen LogP contribution in [-0.2, 0) is 10.3 Å². The van der Waals surface area contributed by atoms with Crippen LogP contribution < -0.4 is 4.74 Å². The van der Waals surface area contributed by atoms with Gasteiger partial charge in [0.2, 0.25) is 0 Å². The number of hydrogen-bond donors (Lipinski definition) is 0. The maximum atomic E-state index is 13.0. The number of nitrogens with zero attached hydrogens (tertiary/aromatic N) is 4. The molecular formula is C19H26N4O3. The van der Waals surface area contributed by atoms with Gasteiger partial charge in [0.05, 0.1) is 35.6 Å². The van der Waals surface area contributed by atoms with Crippen molar-refractivity contribution in [2.24, 2.45) is 0 Å². The molecule has 1 saturated heterocycles. The van der Waals surface area contributed by atoms with Crippen LogP contribution >= 0.6 is 0 Å². The summed E-state index contributed by atoms with van der Waals surface area (Å²) in [4.78, 5) is 18.9. The number of carbonyl (C=O) groups is 1. The Bertz CT molecular complexity index is 739. The third kappa shape index (κ3) is 4.04. The summed E-state index contributed by atoms with van der Waals surface area (Å²) in [5.41, 5.74) is 0.421. The SMILES string of the molecule is CO[C@@H]1C[C@@H](COc2cccnc2)N(C(=O)c2cnn(C(C)(C)C)c2)C1. The van der Waals surface area contributed by atoms with Gasteiger partial charge in [-0.25, -0.2) is 0 Å². The molecular weight excluding hydrogens is 332 g/mol. The van der Waals surface area contributed by atoms with Crippen molar-refractivity contribution in [2.45, 2.75) is 44.9 Å². The topological polar surface area (TPSA) is 69.5 Å². The van der Waals surface area contributed by atoms with Crippen molar-refractivity contribution < 1.29 is 14.3 Å². The molecule has 2 atom stereocenters. The second-order valence-corrected chi connectivity index (χ2v) is 7.55. The number of carbonyl (C=O) groups excluding carboxylic acids is 1. The average molecular weight is 358 g/mol. The molecule has 2 aromatic heterocycles. The zero-order valence-electron chi connectivity index (χ0n) is 15.8. The van der Waals surface area contributed by atoms with E-state index in [1.807, 2.05) is 27.9 Å². The van der Waals surface area contributed by atoms with E-state index in [1.165, 1.54) is 0 Å². The van der Waals surface area contributed by atoms with E-state index in [2.05, 4.69) is 30.9 Å². The second kappa shape index (κ2) is 7.45. The van der Waals surface area contributed by atoms with Gasteiger partial charge in [0, 0.05) is 26.0 Å². The smallest absolute Gasteiger partial charge is 0.257 e. The van der Waals surface area contributed by atoms with Crippen molar-refractivity contribution in [1.29, 1.82) is 0 Å². The minimum absolute atomic E-state index is 0.0131. The van der Waals surface area contributed by atoms with E-state index < -0.39 is 0 Å². The van der Waals surface area contributed by atoms with Gasteiger partial charge in [-0.15, -0.1) is 0 Å². The summed E-state index contributed by atoms with van der Waals surface area (Å²) in [6.07, 6.45) is 7.57. The molecule has 0 unspecified atom stereocenters. The molecule has 1 aliphatic heterocycles. The first-order chi connectivity index (χ1) is 12.4. The lowest BCUT2D eigenvalue weighted by atomic mass is 10.1. The van der Waals surface area contributed by atoms with E-state index in [9.17, 15) is 4.79 Å². The number of likely N-dealkylation sites (tertiary alicyclic amines) is 1. The molecule has 3 heterocycles. The number of rotatable bonds is 5. The van der Waals surface area contributed by atoms with Gasteiger partial charge in [-0.2, -0.15) is 5.10 Å². The van der Waals surface area contributed by atoms with E-state index in [1.54, 1.807) is 25.7 Å². The van der Waals surface area contributed by atoms with Gasteiger partial charge in [0.1, 0.15) is 12.4 Å². The lowest BCUT2D eigenvalue weighted by Crippen LogP contribution is -2.39. The summed E-state index contributed by atoms with van der Waals surface area (Å²) >= 11 is 0. The molecule has 1 aliphatic rings. The zero-order chi connectivity index (χ0) is 18.7. The Labute approximate surface area is 153 Å². The van der Waals surface area contributed by atoms with Crippen molar-refractivity contribution in [3.05, 3.63) is 42.5 Å². The summed E-state index contributed by atoms with van der Waals surface area (Å²) in [6, 6.07) is 3.63. The van der Waals surface area contributed by atoms with Crippen LogP contribution in [0, 0.1) is 0 Å². The van der Waals surface area contributed by atoms with Crippen molar-refractivity contribution in [3.63, 3.8) is 0 Å². The first-order valence-electron chi connectivity index (χ1n) is 8.80. The molecule has 0 aromatic carbocycles. The van der Waals surface area contributed by atoms with E-state index in [-0.39, 0.29) is 23.6 Å². The summed E-state index contributed by atoms with van der Waals surface area (Å²) in [5, 5.41) is 4.34. The van der Waals surface area contributed by atoms with E-state index >= 15 is 0 Å². The second-order valence-electron chi connectivity index (χ2n) is 7.55. The molecule has 0 aliphatic carbocycles. The molecule has 7 nitrogen and oxygen atoms in total. The fraction of sp³-hybridized carbons (Fsp3) is 0.526. The quantitative estimate of drug-likeness (QED) is 0.820. The number of ether oxygens (including phenoxy) is 2. The van der Waals surface area contributed by atoms with Crippen LogP contribution in [0.1, 0.15) is 37.6 Å². The summed E-state index contributed by atoms with van der Waals surface area (Å²) in [5.74, 6) is 0.654. The molecule has 0 saturated carbocycles. The van der Waals surface area contributed by atoms with E-state index in [0.29, 0.717) is 24.5 Å². The fourth-order valence-electron chi connectivity index (χ4n) is 3.04. The van der Waals surface area contributed by atoms with Gasteiger partial charge in [0.15, 0.2) is 0 Å². The lowest BCUT2D eigenvalue weighted by Gasteiger charge is -2.24. The normalized spacial score (nSPS) is 20.4. The molecule has 0 N–H and O–H groups in total. The van der Waals surface area contributed by atoms with Gasteiger partial charge < -0.3 is 14.4 Å². The molecule has 140 valence electrons. The first kappa shape index (κ1) is 18.4. The summed E-state index contributed by atoms with van der Waals surface area (Å²) < 4.78 is 13.1. The van der Waals surface area contributed by atoms with Crippen molar-refractivity contribution in [1.82, 2.24) is 19.7 Å². The molecule has 26 heavy (non-hydrogen) atoms. The Kier molecular flexibility index (Phi) is 5.27. The van der Waals surface area contributed by atoms with Crippen LogP contribution in [0.3, 0.4) is 0 Å². The third-order valence-corrected chi connectivity index (χ3v) is 4.56. The summed E-state index contributed by atoms with van der Waals surface area (Å²) in [6.45, 7) is 7.11. The maximum Gasteiger partial charge on any atom is 0.257 e. The lowest BCUT2D eigenvalue weighted by molar-refractivity contribution is 0.0657. The highest BCUT2D eigenvalue weighted by Crippen LogP contribution is 2.24. The Morgan fingerprint density at radius 2 is 2.15 bits per heavy atom. The van der Waals surface area contributed by atoms with Gasteiger partial charge in [-0.3, -0.25) is 14.5 Å². The average Bonchev–Trinajstić information content (AvgIpc) is 3.27. The molecule has 3 rings (SSSR count). The molecule has 0 radical (unpaired) electrons. The van der Waals surface area contributed by atoms with Crippen molar-refractivity contribution >= 4 is 5.91 Å². The predicted octanol–water partition coefficient (Wildman–Crippen LogP) is 2.34. The van der Waals surface area contributed by atoms with E-state index in [0.717, 1.165) is 6.42 Å². The van der Waals surface area contributed by atoms with Crippen LogP contribution in [0.25, 0.3) is 0 Å². The van der Waals surface area contributed by atoms with Gasteiger partial charge in [0.25, 0.3) is 5.91 Å². The Hall–Kier alpha value is -2.41. The highest BCUT2D eigenvalue weighted by atomic mass is 16.5. The first-order valence-corrected chi connectivity index (χ1v) is 8.80. The van der Waals surface area contributed by atoms with Crippen molar-refractivity contribution in [2.75, 3.05) is 20.3 Å². The largest absolute Gasteiger partial charge is 0.490 e. The highest BCUT2D eigenvalue weighted by molar-refractivity contribution is 5.94. The number of hydrogen-bond acceptors (Lipinski definition) is 5. The predicted molar refractivity (Wildman–Crippen MR) is 97.2 cm³/mol. The third-order valence-electron chi connectivity index (χ3n) is 4.56. The van der Waals surface area contributed by atoms with E-state index in [4.69, 9.17) is 9.47 Å². The van der Waals surface area contributed by atoms with Crippen molar-refractivity contribution in [3.8, 4) is 5.75 Å². The monoisotopic (exact) mass is 358 g/mol. The van der Waals surface area contributed by atoms with Crippen LogP contribution in [0.15, 0.2) is 36.9 Å². The van der Waals surface area contributed by atoms with Gasteiger partial charge in [-0.05, 0) is 39.3 Å². The highest BCUT2D eigenvalue weighted by Gasteiger charge is 2.37. The Morgan fingerprint density at radius 3 is 2.77 bits per heavy atom. The summed E-state index contributed by atoms with van der Waals surface area (Å²) in [7, 11) is 1.68. The zero-order valence-corrected chi connectivity index (χ0v) is 15.8. The van der Waals surface area contributed by atoms with Crippen LogP contribution in [0.4, 0.5) is 0 Å². The van der Waals surface area contributed by atoms with Gasteiger partial charge >= 0.3 is 0 Å². The standard InChI is InChI=1S/C19H26N4O3/c1-19(2,3)23-11-14(9-21-23)18(24)22-12-17(25-4)8-15(22)13-26-16-6-5-7-20-10-16/h5-7,9-11,15,17H,8,12-13H2,1-4H3/t15-,17+/m0/s1. The fourth-order valence-corrected chi connectivity index (χ4v) is 3.04. The van der Waals surface area contributed by atoms with Gasteiger partial charge in [-0.1, -0.05) is 0 Å². The molecule has 7 heteroatoms. The maximum absolute atomic E-state index is 13.0. The number of pyridine rings is 1. The number of amides is 1. The molecule has 2 aromatic rings. The van der Waals surface area contributed by atoms with Crippen LogP contribution in [-0.4, -0.2) is 58.0 Å². The number of aromatic nitrogens is 3. The molecule has 1 fully saturated rings. The Balaban J connectivity index is 1.72. The molecule has 1 amide bonds. The minimum atomic E-state index is -0.165. The molecule has 0 bridgehead atoms. The number of methoxy groups -OCH3 is 1.